The van der Waals surface area contributed by atoms with Crippen molar-refractivity contribution in [2.45, 2.75) is 62.6 Å². The molecule has 3 heterocycles. The Morgan fingerprint density at radius 1 is 1.12 bits per heavy atom. The van der Waals surface area contributed by atoms with Gasteiger partial charge in [0.2, 0.25) is 0 Å². The van der Waals surface area contributed by atoms with Crippen LogP contribution in [-0.2, 0) is 15.7 Å². The fraction of sp³-hybridized carbons (Fsp3) is 0.615. The van der Waals surface area contributed by atoms with Crippen molar-refractivity contribution in [1.82, 2.24) is 4.90 Å². The number of fused-ring (bicyclic) bond motifs is 3. The molecule has 2 fully saturated rings. The molecule has 3 aliphatic heterocycles. The zero-order chi connectivity index (χ0) is 23.0. The molecule has 0 aromatic heterocycles. The number of benzene rings is 1. The van der Waals surface area contributed by atoms with E-state index in [-0.39, 0.29) is 30.3 Å². The second-order valence-electron chi connectivity index (χ2n) is 9.94. The number of likely N-dealkylation sites (tertiary alicyclic amines) is 1. The first-order chi connectivity index (χ1) is 15.9. The molecule has 4 aliphatic rings. The van der Waals surface area contributed by atoms with Crippen molar-refractivity contribution in [3.05, 3.63) is 53.6 Å². The number of halogens is 3. The van der Waals surface area contributed by atoms with Crippen molar-refractivity contribution in [1.29, 1.82) is 0 Å². The van der Waals surface area contributed by atoms with E-state index >= 15 is 0 Å². The molecule has 2 saturated heterocycles. The van der Waals surface area contributed by atoms with Gasteiger partial charge in [-0.25, -0.2) is 0 Å². The standard InChI is InChI=1S/C26H33F3N2O2/c1-31-13-11-19(12-14-31)32-16-20-8-9-21-24(17-5-3-2-4-6-17)30-23-10-7-18(26(27,28)29)15-22(23)25(21)33-20/h2-5,7,10,15,17,19-21,24-25,30H,6,8-9,11-14,16H2,1H3/t17?,20-,21+,24+,25+/m1/s1. The Balaban J connectivity index is 1.35. The second-order valence-corrected chi connectivity index (χ2v) is 9.94. The molecule has 1 N–H and O–H groups in total. The normalized spacial score (nSPS) is 32.8. The first-order valence-electron chi connectivity index (χ1n) is 12.1. The van der Waals surface area contributed by atoms with Crippen LogP contribution in [0.2, 0.25) is 0 Å². The van der Waals surface area contributed by atoms with Crippen molar-refractivity contribution in [3.63, 3.8) is 0 Å². The number of alkyl halides is 3. The van der Waals surface area contributed by atoms with Crippen LogP contribution in [0.5, 0.6) is 0 Å². The van der Waals surface area contributed by atoms with E-state index in [1.165, 1.54) is 12.1 Å². The van der Waals surface area contributed by atoms with Crippen molar-refractivity contribution >= 4 is 5.69 Å². The van der Waals surface area contributed by atoms with Gasteiger partial charge in [-0.1, -0.05) is 24.3 Å². The smallest absolute Gasteiger partial charge is 0.381 e. The maximum Gasteiger partial charge on any atom is 0.416 e. The molecule has 1 aromatic carbocycles. The lowest BCUT2D eigenvalue weighted by molar-refractivity contribution is -0.140. The highest BCUT2D eigenvalue weighted by atomic mass is 19.4. The predicted molar refractivity (Wildman–Crippen MR) is 122 cm³/mol. The number of hydrogen-bond donors (Lipinski definition) is 1. The van der Waals surface area contributed by atoms with Crippen LogP contribution in [0.4, 0.5) is 18.9 Å². The summed E-state index contributed by atoms with van der Waals surface area (Å²) in [5.74, 6) is 0.426. The van der Waals surface area contributed by atoms with Crippen LogP contribution in [-0.4, -0.2) is 49.9 Å². The highest BCUT2D eigenvalue weighted by Crippen LogP contribution is 2.49. The van der Waals surface area contributed by atoms with E-state index in [0.29, 0.717) is 18.1 Å². The van der Waals surface area contributed by atoms with E-state index in [0.717, 1.165) is 50.9 Å². The minimum absolute atomic E-state index is 0.0890. The van der Waals surface area contributed by atoms with Crippen LogP contribution < -0.4 is 5.32 Å². The Bertz CT molecular complexity index is 892. The zero-order valence-corrected chi connectivity index (χ0v) is 19.1. The molecular formula is C26H33F3N2O2. The van der Waals surface area contributed by atoms with Gasteiger partial charge in [0, 0.05) is 42.2 Å². The molecule has 1 unspecified atom stereocenters. The van der Waals surface area contributed by atoms with Crippen LogP contribution in [0.1, 0.15) is 49.3 Å². The lowest BCUT2D eigenvalue weighted by atomic mass is 9.73. The number of piperidine rings is 1. The lowest BCUT2D eigenvalue weighted by Gasteiger charge is -2.48. The topological polar surface area (TPSA) is 33.7 Å². The van der Waals surface area contributed by atoms with E-state index in [9.17, 15) is 13.2 Å². The van der Waals surface area contributed by atoms with Crippen molar-refractivity contribution in [2.75, 3.05) is 32.1 Å². The highest BCUT2D eigenvalue weighted by molar-refractivity contribution is 5.58. The number of hydrogen-bond acceptors (Lipinski definition) is 4. The van der Waals surface area contributed by atoms with E-state index < -0.39 is 11.7 Å². The summed E-state index contributed by atoms with van der Waals surface area (Å²) in [6.45, 7) is 2.58. The molecule has 5 rings (SSSR count). The third-order valence-corrected chi connectivity index (χ3v) is 7.68. The van der Waals surface area contributed by atoms with Gasteiger partial charge in [0.15, 0.2) is 0 Å². The van der Waals surface area contributed by atoms with Gasteiger partial charge in [-0.15, -0.1) is 0 Å². The van der Waals surface area contributed by atoms with Gasteiger partial charge >= 0.3 is 6.18 Å². The third kappa shape index (κ3) is 5.00. The van der Waals surface area contributed by atoms with Crippen LogP contribution in [0.3, 0.4) is 0 Å². The molecule has 180 valence electrons. The van der Waals surface area contributed by atoms with Gasteiger partial charge in [-0.05, 0) is 57.4 Å². The molecule has 0 saturated carbocycles. The first kappa shape index (κ1) is 22.9. The number of ether oxygens (including phenoxy) is 2. The summed E-state index contributed by atoms with van der Waals surface area (Å²) >= 11 is 0. The van der Waals surface area contributed by atoms with E-state index in [1.54, 1.807) is 6.07 Å². The van der Waals surface area contributed by atoms with Gasteiger partial charge < -0.3 is 19.7 Å². The van der Waals surface area contributed by atoms with E-state index in [1.807, 2.05) is 6.08 Å². The number of rotatable bonds is 4. The third-order valence-electron chi connectivity index (χ3n) is 7.68. The summed E-state index contributed by atoms with van der Waals surface area (Å²) < 4.78 is 53.2. The van der Waals surface area contributed by atoms with Crippen LogP contribution in [0.25, 0.3) is 0 Å². The molecular weight excluding hydrogens is 429 g/mol. The predicted octanol–water partition coefficient (Wildman–Crippen LogP) is 5.58. The largest absolute Gasteiger partial charge is 0.416 e. The number of nitrogens with zero attached hydrogens (tertiary/aromatic N) is 1. The molecule has 0 bridgehead atoms. The van der Waals surface area contributed by atoms with Crippen molar-refractivity contribution in [3.8, 4) is 0 Å². The van der Waals surface area contributed by atoms with Crippen LogP contribution in [0, 0.1) is 11.8 Å². The maximum atomic E-state index is 13.5. The summed E-state index contributed by atoms with van der Waals surface area (Å²) in [5, 5.41) is 3.58. The molecule has 33 heavy (non-hydrogen) atoms. The van der Waals surface area contributed by atoms with Gasteiger partial charge in [-0.2, -0.15) is 13.2 Å². The Morgan fingerprint density at radius 3 is 2.67 bits per heavy atom. The SMILES string of the molecule is CN1CCC(OC[C@H]2CC[C@@H]3[C@H](O2)c2cc(C(F)(F)F)ccc2N[C@H]3C2C=CC=CC2)CC1. The van der Waals surface area contributed by atoms with Crippen molar-refractivity contribution in [2.24, 2.45) is 11.8 Å². The molecule has 1 aliphatic carbocycles. The Labute approximate surface area is 193 Å². The molecule has 0 amide bonds. The van der Waals surface area contributed by atoms with Gasteiger partial charge in [0.1, 0.15) is 0 Å². The maximum absolute atomic E-state index is 13.5. The Kier molecular flexibility index (Phi) is 6.56. The van der Waals surface area contributed by atoms with Crippen molar-refractivity contribution < 1.29 is 22.6 Å². The molecule has 1 aromatic rings. The molecule has 0 spiro atoms. The first-order valence-corrected chi connectivity index (χ1v) is 12.1. The highest BCUT2D eigenvalue weighted by Gasteiger charge is 2.45. The summed E-state index contributed by atoms with van der Waals surface area (Å²) in [6, 6.07) is 4.17. The van der Waals surface area contributed by atoms with Crippen LogP contribution in [0.15, 0.2) is 42.5 Å². The molecule has 5 atom stereocenters. The van der Waals surface area contributed by atoms with Crippen LogP contribution >= 0.6 is 0 Å². The van der Waals surface area contributed by atoms with E-state index in [4.69, 9.17) is 9.47 Å². The summed E-state index contributed by atoms with van der Waals surface area (Å²) in [7, 11) is 2.12. The second kappa shape index (κ2) is 9.43. The van der Waals surface area contributed by atoms with E-state index in [2.05, 4.69) is 35.5 Å². The van der Waals surface area contributed by atoms with Gasteiger partial charge in [0.05, 0.1) is 30.5 Å². The Morgan fingerprint density at radius 2 is 1.94 bits per heavy atom. The van der Waals surface area contributed by atoms with Gasteiger partial charge in [-0.3, -0.25) is 0 Å². The molecule has 0 radical (unpaired) electrons. The zero-order valence-electron chi connectivity index (χ0n) is 19.1. The summed E-state index contributed by atoms with van der Waals surface area (Å²) in [4.78, 5) is 2.31. The summed E-state index contributed by atoms with van der Waals surface area (Å²) in [6.07, 6.45) is 8.64. The number of allylic oxidation sites excluding steroid dienone is 3. The fourth-order valence-corrected chi connectivity index (χ4v) is 5.78. The average Bonchev–Trinajstić information content (AvgIpc) is 2.82. The fourth-order valence-electron chi connectivity index (χ4n) is 5.78. The lowest BCUT2D eigenvalue weighted by Crippen LogP contribution is -2.47. The summed E-state index contributed by atoms with van der Waals surface area (Å²) in [5.41, 5.74) is 0.772. The molecule has 7 heteroatoms. The minimum Gasteiger partial charge on any atom is -0.381 e. The van der Waals surface area contributed by atoms with Gasteiger partial charge in [0.25, 0.3) is 0 Å². The quantitative estimate of drug-likeness (QED) is 0.634. The minimum atomic E-state index is -4.37. The number of anilines is 1. The number of nitrogens with one attached hydrogen (secondary N) is 1. The Hall–Kier alpha value is -1.83. The molecule has 4 nitrogen and oxygen atoms in total. The average molecular weight is 463 g/mol. The monoisotopic (exact) mass is 462 g/mol.